The van der Waals surface area contributed by atoms with Gasteiger partial charge in [0.05, 0.1) is 18.1 Å². The highest BCUT2D eigenvalue weighted by Crippen LogP contribution is 2.45. The Hall–Kier alpha value is -2.17. The van der Waals surface area contributed by atoms with Crippen LogP contribution in [0.4, 0.5) is 11.6 Å². The van der Waals surface area contributed by atoms with Crippen molar-refractivity contribution >= 4 is 11.6 Å². The van der Waals surface area contributed by atoms with Crippen LogP contribution in [-0.2, 0) is 0 Å². The molecule has 2 unspecified atom stereocenters. The molecule has 2 aromatic rings. The van der Waals surface area contributed by atoms with Crippen LogP contribution in [-0.4, -0.2) is 28.0 Å². The highest BCUT2D eigenvalue weighted by molar-refractivity contribution is 5.56. The van der Waals surface area contributed by atoms with Crippen molar-refractivity contribution in [1.82, 2.24) is 15.0 Å². The van der Waals surface area contributed by atoms with Crippen molar-refractivity contribution in [3.63, 3.8) is 0 Å². The van der Waals surface area contributed by atoms with Gasteiger partial charge in [0.2, 0.25) is 0 Å². The quantitative estimate of drug-likeness (QED) is 0.880. The molecular weight excluding hydrogens is 238 g/mol. The van der Waals surface area contributed by atoms with Crippen molar-refractivity contribution in [2.75, 3.05) is 23.7 Å². The fourth-order valence-corrected chi connectivity index (χ4v) is 2.80. The monoisotopic (exact) mass is 253 g/mol. The highest BCUT2D eigenvalue weighted by Gasteiger charge is 2.45. The summed E-state index contributed by atoms with van der Waals surface area (Å²) < 4.78 is 0. The van der Waals surface area contributed by atoms with Crippen molar-refractivity contribution in [3.05, 3.63) is 30.6 Å². The fourth-order valence-electron chi connectivity index (χ4n) is 2.80. The molecule has 0 aromatic carbocycles. The molecule has 3 heterocycles. The zero-order valence-electron chi connectivity index (χ0n) is 10.5. The number of pyridine rings is 1. The van der Waals surface area contributed by atoms with E-state index in [-0.39, 0.29) is 0 Å². The van der Waals surface area contributed by atoms with Gasteiger partial charge < -0.3 is 10.6 Å². The van der Waals surface area contributed by atoms with Crippen molar-refractivity contribution in [3.8, 4) is 11.4 Å². The van der Waals surface area contributed by atoms with Crippen LogP contribution in [0.3, 0.4) is 0 Å². The number of nitrogens with zero attached hydrogens (tertiary/aromatic N) is 4. The molecule has 5 nitrogen and oxygen atoms in total. The predicted molar refractivity (Wildman–Crippen MR) is 73.5 cm³/mol. The molecule has 2 aromatic heterocycles. The molecule has 1 saturated heterocycles. The second-order valence-electron chi connectivity index (χ2n) is 5.37. The van der Waals surface area contributed by atoms with E-state index in [0.717, 1.165) is 42.1 Å². The minimum Gasteiger partial charge on any atom is -0.384 e. The lowest BCUT2D eigenvalue weighted by Crippen LogP contribution is -2.22. The van der Waals surface area contributed by atoms with E-state index in [4.69, 9.17) is 5.73 Å². The Morgan fingerprint density at radius 1 is 1.05 bits per heavy atom. The second-order valence-corrected chi connectivity index (χ2v) is 5.37. The van der Waals surface area contributed by atoms with Crippen LogP contribution < -0.4 is 10.6 Å². The lowest BCUT2D eigenvalue weighted by molar-refractivity contribution is 0.802. The Morgan fingerprint density at radius 2 is 1.89 bits per heavy atom. The number of fused-ring (bicyclic) bond motifs is 1. The van der Waals surface area contributed by atoms with E-state index < -0.39 is 0 Å². The molecule has 2 atom stereocenters. The van der Waals surface area contributed by atoms with Gasteiger partial charge in [-0.1, -0.05) is 6.07 Å². The Labute approximate surface area is 111 Å². The Bertz CT molecular complexity index is 599. The highest BCUT2D eigenvalue weighted by atomic mass is 15.2. The minimum atomic E-state index is 0.503. The van der Waals surface area contributed by atoms with Crippen LogP contribution in [0, 0.1) is 11.8 Å². The molecule has 2 aliphatic rings. The van der Waals surface area contributed by atoms with Crippen molar-refractivity contribution in [2.24, 2.45) is 11.8 Å². The average molecular weight is 253 g/mol. The normalized spacial score (nSPS) is 24.3. The van der Waals surface area contributed by atoms with Crippen molar-refractivity contribution < 1.29 is 0 Å². The Morgan fingerprint density at radius 3 is 2.58 bits per heavy atom. The third-order valence-corrected chi connectivity index (χ3v) is 3.97. The first-order valence-electron chi connectivity index (χ1n) is 6.59. The first-order chi connectivity index (χ1) is 9.29. The lowest BCUT2D eigenvalue weighted by Gasteiger charge is -2.18. The molecule has 0 radical (unpaired) electrons. The summed E-state index contributed by atoms with van der Waals surface area (Å²) in [5, 5.41) is 0. The lowest BCUT2D eigenvalue weighted by atomic mass is 10.3. The summed E-state index contributed by atoms with van der Waals surface area (Å²) in [6, 6.07) is 5.54. The van der Waals surface area contributed by atoms with Crippen LogP contribution in [0.5, 0.6) is 0 Å². The molecule has 0 amide bonds. The summed E-state index contributed by atoms with van der Waals surface area (Å²) in [4.78, 5) is 15.5. The first kappa shape index (κ1) is 10.7. The molecule has 2 fully saturated rings. The summed E-state index contributed by atoms with van der Waals surface area (Å²) in [6.45, 7) is 2.27. The van der Waals surface area contributed by atoms with Crippen LogP contribution in [0.2, 0.25) is 0 Å². The largest absolute Gasteiger partial charge is 0.384 e. The molecule has 19 heavy (non-hydrogen) atoms. The van der Waals surface area contributed by atoms with Gasteiger partial charge in [-0.05, 0) is 30.4 Å². The van der Waals surface area contributed by atoms with Gasteiger partial charge in [0, 0.05) is 13.1 Å². The number of piperidine rings is 1. The second kappa shape index (κ2) is 3.91. The molecule has 4 rings (SSSR count). The van der Waals surface area contributed by atoms with Gasteiger partial charge in [-0.15, -0.1) is 0 Å². The predicted octanol–water partition coefficient (Wildman–Crippen LogP) is 1.58. The molecule has 1 aliphatic heterocycles. The van der Waals surface area contributed by atoms with E-state index in [1.807, 2.05) is 18.3 Å². The average Bonchev–Trinajstić information content (AvgIpc) is 3.05. The SMILES string of the molecule is Nc1cccc(-c2cnc(N3CC4CC4C3)cn2)n1. The van der Waals surface area contributed by atoms with Gasteiger partial charge in [0.15, 0.2) is 0 Å². The summed E-state index contributed by atoms with van der Waals surface area (Å²) >= 11 is 0. The summed E-state index contributed by atoms with van der Waals surface area (Å²) in [6.07, 6.45) is 5.02. The third kappa shape index (κ3) is 1.91. The Balaban J connectivity index is 1.58. The zero-order chi connectivity index (χ0) is 12.8. The van der Waals surface area contributed by atoms with E-state index in [1.165, 1.54) is 6.42 Å². The Kier molecular flexibility index (Phi) is 2.21. The molecule has 0 bridgehead atoms. The molecule has 5 heteroatoms. The number of hydrogen-bond acceptors (Lipinski definition) is 5. The molecule has 96 valence electrons. The molecule has 2 N–H and O–H groups in total. The maximum absolute atomic E-state index is 5.68. The zero-order valence-corrected chi connectivity index (χ0v) is 10.5. The van der Waals surface area contributed by atoms with Crippen LogP contribution >= 0.6 is 0 Å². The van der Waals surface area contributed by atoms with Crippen LogP contribution in [0.15, 0.2) is 30.6 Å². The summed E-state index contributed by atoms with van der Waals surface area (Å²) in [5.41, 5.74) is 7.21. The van der Waals surface area contributed by atoms with E-state index in [9.17, 15) is 0 Å². The summed E-state index contributed by atoms with van der Waals surface area (Å²) in [7, 11) is 0. The van der Waals surface area contributed by atoms with Crippen LogP contribution in [0.25, 0.3) is 11.4 Å². The van der Waals surface area contributed by atoms with Crippen LogP contribution in [0.1, 0.15) is 6.42 Å². The van der Waals surface area contributed by atoms with Gasteiger partial charge in [0.1, 0.15) is 17.3 Å². The maximum Gasteiger partial charge on any atom is 0.147 e. The van der Waals surface area contributed by atoms with Gasteiger partial charge in [-0.3, -0.25) is 0 Å². The van der Waals surface area contributed by atoms with E-state index >= 15 is 0 Å². The number of anilines is 2. The molecular formula is C14H15N5. The van der Waals surface area contributed by atoms with E-state index in [0.29, 0.717) is 5.82 Å². The topological polar surface area (TPSA) is 67.9 Å². The minimum absolute atomic E-state index is 0.503. The molecule has 0 spiro atoms. The smallest absolute Gasteiger partial charge is 0.147 e. The number of nitrogens with two attached hydrogens (primary N) is 1. The van der Waals surface area contributed by atoms with Gasteiger partial charge >= 0.3 is 0 Å². The van der Waals surface area contributed by atoms with Gasteiger partial charge in [-0.25, -0.2) is 15.0 Å². The van der Waals surface area contributed by atoms with Gasteiger partial charge in [0.25, 0.3) is 0 Å². The standard InChI is InChI=1S/C14H15N5/c15-13-3-1-2-11(18-13)12-5-17-14(6-16-12)19-7-9-4-10(9)8-19/h1-3,5-6,9-10H,4,7-8H2,(H2,15,18). The fraction of sp³-hybridized carbons (Fsp3) is 0.357. The van der Waals surface area contributed by atoms with Crippen molar-refractivity contribution in [1.29, 1.82) is 0 Å². The first-order valence-corrected chi connectivity index (χ1v) is 6.59. The number of hydrogen-bond donors (Lipinski definition) is 1. The van der Waals surface area contributed by atoms with Gasteiger partial charge in [-0.2, -0.15) is 0 Å². The van der Waals surface area contributed by atoms with E-state index in [2.05, 4.69) is 19.9 Å². The third-order valence-electron chi connectivity index (χ3n) is 3.97. The number of nitrogen functional groups attached to an aromatic ring is 1. The molecule has 1 aliphatic carbocycles. The molecule has 1 saturated carbocycles. The van der Waals surface area contributed by atoms with E-state index in [1.54, 1.807) is 12.3 Å². The van der Waals surface area contributed by atoms with Crippen molar-refractivity contribution in [2.45, 2.75) is 6.42 Å². The maximum atomic E-state index is 5.68. The number of aromatic nitrogens is 3. The number of rotatable bonds is 2. The summed E-state index contributed by atoms with van der Waals surface area (Å²) in [5.74, 6) is 3.27.